The Bertz CT molecular complexity index is 213. The highest BCUT2D eigenvalue weighted by Crippen LogP contribution is 2.12. The van der Waals surface area contributed by atoms with Crippen LogP contribution in [0.15, 0.2) is 0 Å². The zero-order valence-corrected chi connectivity index (χ0v) is 8.13. The second kappa shape index (κ2) is 4.23. The molecule has 0 bridgehead atoms. The summed E-state index contributed by atoms with van der Waals surface area (Å²) in [5, 5.41) is 10.9. The van der Waals surface area contributed by atoms with Crippen LogP contribution in [0.25, 0.3) is 0 Å². The van der Waals surface area contributed by atoms with Gasteiger partial charge in [0.25, 0.3) is 0 Å². The van der Waals surface area contributed by atoms with Crippen molar-refractivity contribution in [3.8, 4) is 0 Å². The van der Waals surface area contributed by atoms with Crippen LogP contribution in [0.3, 0.4) is 0 Å². The van der Waals surface area contributed by atoms with Crippen LogP contribution in [0, 0.1) is 5.41 Å². The van der Waals surface area contributed by atoms with Gasteiger partial charge in [0.15, 0.2) is 0 Å². The summed E-state index contributed by atoms with van der Waals surface area (Å²) in [6.45, 7) is 4.92. The lowest BCUT2D eigenvalue weighted by molar-refractivity contribution is -0.142. The average molecular weight is 188 g/mol. The Morgan fingerprint density at radius 2 is 2.00 bits per heavy atom. The summed E-state index contributed by atoms with van der Waals surface area (Å²) in [6.07, 6.45) is 0. The van der Waals surface area contributed by atoms with E-state index >= 15 is 0 Å². The van der Waals surface area contributed by atoms with Crippen LogP contribution >= 0.6 is 0 Å². The molecule has 0 saturated carbocycles. The third-order valence-corrected chi connectivity index (χ3v) is 1.84. The normalized spacial score (nSPS) is 13.5. The Morgan fingerprint density at radius 1 is 1.54 bits per heavy atom. The number of amides is 1. The van der Waals surface area contributed by atoms with Crippen LogP contribution in [0.1, 0.15) is 20.8 Å². The predicted molar refractivity (Wildman–Crippen MR) is 48.1 cm³/mol. The summed E-state index contributed by atoms with van der Waals surface area (Å²) in [4.78, 5) is 21.8. The number of carboxylic acids is 1. The quantitative estimate of drug-likeness (QED) is 0.557. The molecule has 0 fully saturated rings. The third kappa shape index (κ3) is 3.42. The largest absolute Gasteiger partial charge is 0.480 e. The van der Waals surface area contributed by atoms with Crippen molar-refractivity contribution in [2.45, 2.75) is 26.8 Å². The Morgan fingerprint density at radius 3 is 2.31 bits per heavy atom. The number of carbonyl (C=O) groups excluding carboxylic acids is 1. The zero-order valence-electron chi connectivity index (χ0n) is 8.13. The number of hydrogen-bond donors (Lipinski definition) is 3. The SMILES string of the molecule is C[C@H](NC(=O)C(C)(C)CN)C(=O)O. The molecule has 0 radical (unpaired) electrons. The molecule has 0 aromatic heterocycles. The summed E-state index contributed by atoms with van der Waals surface area (Å²) in [5.74, 6) is -1.40. The van der Waals surface area contributed by atoms with Crippen LogP contribution in [-0.2, 0) is 9.59 Å². The highest BCUT2D eigenvalue weighted by molar-refractivity contribution is 5.86. The van der Waals surface area contributed by atoms with Gasteiger partial charge in [0.05, 0.1) is 5.41 Å². The van der Waals surface area contributed by atoms with Gasteiger partial charge in [-0.15, -0.1) is 0 Å². The Balaban J connectivity index is 4.23. The summed E-state index contributed by atoms with van der Waals surface area (Å²) in [6, 6.07) is -0.877. The van der Waals surface area contributed by atoms with E-state index in [2.05, 4.69) is 5.32 Å². The Hall–Kier alpha value is -1.10. The fraction of sp³-hybridized carbons (Fsp3) is 0.750. The molecular formula is C8H16N2O3. The van der Waals surface area contributed by atoms with Gasteiger partial charge in [-0.1, -0.05) is 0 Å². The number of carboxylic acid groups (broad SMARTS) is 1. The molecule has 1 atom stereocenters. The second-order valence-electron chi connectivity index (χ2n) is 3.62. The molecule has 0 aliphatic rings. The van der Waals surface area contributed by atoms with Gasteiger partial charge in [0, 0.05) is 6.54 Å². The molecule has 0 aliphatic heterocycles. The topological polar surface area (TPSA) is 92.4 Å². The van der Waals surface area contributed by atoms with Crippen molar-refractivity contribution in [3.05, 3.63) is 0 Å². The Kier molecular flexibility index (Phi) is 3.87. The first-order chi connectivity index (χ1) is 5.81. The van der Waals surface area contributed by atoms with Gasteiger partial charge in [-0.3, -0.25) is 9.59 Å². The molecule has 5 nitrogen and oxygen atoms in total. The minimum Gasteiger partial charge on any atom is -0.480 e. The minimum absolute atomic E-state index is 0.186. The highest BCUT2D eigenvalue weighted by Gasteiger charge is 2.28. The fourth-order valence-electron chi connectivity index (χ4n) is 0.546. The summed E-state index contributed by atoms with van der Waals surface area (Å²) in [7, 11) is 0. The molecule has 1 amide bonds. The maximum Gasteiger partial charge on any atom is 0.325 e. The standard InChI is InChI=1S/C8H16N2O3/c1-5(6(11)12)10-7(13)8(2,3)4-9/h5H,4,9H2,1-3H3,(H,10,13)(H,11,12)/t5-/m0/s1. The smallest absolute Gasteiger partial charge is 0.325 e. The third-order valence-electron chi connectivity index (χ3n) is 1.84. The minimum atomic E-state index is -1.05. The van der Waals surface area contributed by atoms with E-state index in [9.17, 15) is 9.59 Å². The van der Waals surface area contributed by atoms with Crippen LogP contribution in [-0.4, -0.2) is 29.6 Å². The van der Waals surface area contributed by atoms with Gasteiger partial charge in [-0.25, -0.2) is 0 Å². The second-order valence-corrected chi connectivity index (χ2v) is 3.62. The molecule has 0 aromatic rings. The molecule has 0 unspecified atom stereocenters. The van der Waals surface area contributed by atoms with Crippen molar-refractivity contribution in [2.75, 3.05) is 6.54 Å². The summed E-state index contributed by atoms with van der Waals surface area (Å²) < 4.78 is 0. The van der Waals surface area contributed by atoms with E-state index in [1.165, 1.54) is 6.92 Å². The van der Waals surface area contributed by atoms with Crippen molar-refractivity contribution >= 4 is 11.9 Å². The van der Waals surface area contributed by atoms with E-state index in [1.54, 1.807) is 13.8 Å². The van der Waals surface area contributed by atoms with Crippen molar-refractivity contribution in [3.63, 3.8) is 0 Å². The number of hydrogen-bond acceptors (Lipinski definition) is 3. The van der Waals surface area contributed by atoms with Crippen molar-refractivity contribution in [2.24, 2.45) is 11.1 Å². The first-order valence-electron chi connectivity index (χ1n) is 4.05. The fourth-order valence-corrected chi connectivity index (χ4v) is 0.546. The van der Waals surface area contributed by atoms with E-state index in [0.29, 0.717) is 0 Å². The van der Waals surface area contributed by atoms with Gasteiger partial charge < -0.3 is 16.2 Å². The van der Waals surface area contributed by atoms with E-state index in [1.807, 2.05) is 0 Å². The predicted octanol–water partition coefficient (Wildman–Crippen LogP) is -0.439. The maximum absolute atomic E-state index is 11.4. The molecule has 4 N–H and O–H groups in total. The molecule has 0 rings (SSSR count). The highest BCUT2D eigenvalue weighted by atomic mass is 16.4. The molecule has 13 heavy (non-hydrogen) atoms. The zero-order chi connectivity index (χ0) is 10.6. The number of rotatable bonds is 4. The lowest BCUT2D eigenvalue weighted by Crippen LogP contribution is -2.47. The summed E-state index contributed by atoms with van der Waals surface area (Å²) >= 11 is 0. The molecular weight excluding hydrogens is 172 g/mol. The molecule has 5 heteroatoms. The molecule has 0 aliphatic carbocycles. The number of aliphatic carboxylic acids is 1. The first-order valence-corrected chi connectivity index (χ1v) is 4.05. The van der Waals surface area contributed by atoms with Crippen LogP contribution in [0.5, 0.6) is 0 Å². The van der Waals surface area contributed by atoms with E-state index in [-0.39, 0.29) is 12.5 Å². The number of nitrogens with one attached hydrogen (secondary N) is 1. The van der Waals surface area contributed by atoms with Gasteiger partial charge >= 0.3 is 5.97 Å². The molecule has 76 valence electrons. The molecule has 0 heterocycles. The lowest BCUT2D eigenvalue weighted by atomic mass is 9.92. The van der Waals surface area contributed by atoms with Gasteiger partial charge in [-0.05, 0) is 20.8 Å². The first kappa shape index (κ1) is 11.9. The van der Waals surface area contributed by atoms with E-state index in [4.69, 9.17) is 10.8 Å². The maximum atomic E-state index is 11.4. The Labute approximate surface area is 77.3 Å². The number of carbonyl (C=O) groups is 2. The molecule has 0 saturated heterocycles. The van der Waals surface area contributed by atoms with Gasteiger partial charge in [0.1, 0.15) is 6.04 Å². The van der Waals surface area contributed by atoms with Gasteiger partial charge in [0.2, 0.25) is 5.91 Å². The monoisotopic (exact) mass is 188 g/mol. The molecule has 0 spiro atoms. The molecule has 0 aromatic carbocycles. The van der Waals surface area contributed by atoms with Crippen molar-refractivity contribution < 1.29 is 14.7 Å². The van der Waals surface area contributed by atoms with E-state index < -0.39 is 17.4 Å². The van der Waals surface area contributed by atoms with Gasteiger partial charge in [-0.2, -0.15) is 0 Å². The van der Waals surface area contributed by atoms with Crippen LogP contribution < -0.4 is 11.1 Å². The number of nitrogens with two attached hydrogens (primary N) is 1. The van der Waals surface area contributed by atoms with Crippen LogP contribution in [0.2, 0.25) is 0 Å². The van der Waals surface area contributed by atoms with E-state index in [0.717, 1.165) is 0 Å². The van der Waals surface area contributed by atoms with Crippen molar-refractivity contribution in [1.29, 1.82) is 0 Å². The summed E-state index contributed by atoms with van der Waals surface area (Å²) in [5.41, 5.74) is 4.63. The van der Waals surface area contributed by atoms with Crippen molar-refractivity contribution in [1.82, 2.24) is 5.32 Å². The average Bonchev–Trinajstić information content (AvgIpc) is 2.04. The lowest BCUT2D eigenvalue weighted by Gasteiger charge is -2.22. The van der Waals surface area contributed by atoms with Crippen LogP contribution in [0.4, 0.5) is 0 Å².